The molecule has 0 saturated carbocycles. The Morgan fingerprint density at radius 3 is 2.54 bits per heavy atom. The molecular formula is C26H26N2O7. The molecule has 1 fully saturated rings. The van der Waals surface area contributed by atoms with Crippen molar-refractivity contribution in [3.63, 3.8) is 0 Å². The first-order chi connectivity index (χ1) is 17.0. The fourth-order valence-electron chi connectivity index (χ4n) is 5.13. The zero-order valence-corrected chi connectivity index (χ0v) is 19.6. The lowest BCUT2D eigenvalue weighted by Crippen LogP contribution is -2.52. The van der Waals surface area contributed by atoms with E-state index in [9.17, 15) is 19.5 Å². The Kier molecular flexibility index (Phi) is 5.72. The van der Waals surface area contributed by atoms with Gasteiger partial charge in [0.2, 0.25) is 0 Å². The number of hydrogen-bond acceptors (Lipinski definition) is 7. The molecule has 2 aromatic carbocycles. The van der Waals surface area contributed by atoms with Crippen molar-refractivity contribution in [1.29, 1.82) is 0 Å². The van der Waals surface area contributed by atoms with Gasteiger partial charge in [0.15, 0.2) is 17.0 Å². The van der Waals surface area contributed by atoms with Crippen LogP contribution in [0.5, 0.6) is 11.5 Å². The topological polar surface area (TPSA) is 106 Å². The highest BCUT2D eigenvalue weighted by Gasteiger charge is 2.66. The Balaban J connectivity index is 1.78. The van der Waals surface area contributed by atoms with Crippen molar-refractivity contribution >= 4 is 29.0 Å². The van der Waals surface area contributed by atoms with Gasteiger partial charge in [-0.05, 0) is 30.7 Å². The number of para-hydroxylation sites is 1. The number of aliphatic hydroxyl groups excluding tert-OH is 1. The van der Waals surface area contributed by atoms with E-state index in [0.717, 1.165) is 0 Å². The van der Waals surface area contributed by atoms with Crippen molar-refractivity contribution < 1.29 is 33.7 Å². The van der Waals surface area contributed by atoms with Crippen molar-refractivity contribution in [2.45, 2.75) is 18.9 Å². The maximum absolute atomic E-state index is 14.2. The van der Waals surface area contributed by atoms with Crippen molar-refractivity contribution in [3.05, 3.63) is 59.2 Å². The Hall–Kier alpha value is -3.85. The Bertz CT molecular complexity index is 1250. The summed E-state index contributed by atoms with van der Waals surface area (Å²) in [6.07, 6.45) is 0.670. The number of likely N-dealkylation sites (tertiary alicyclic amines) is 1. The quantitative estimate of drug-likeness (QED) is 0.386. The highest BCUT2D eigenvalue weighted by atomic mass is 16.6. The van der Waals surface area contributed by atoms with Gasteiger partial charge in [0.1, 0.15) is 19.0 Å². The van der Waals surface area contributed by atoms with Crippen LogP contribution in [0.15, 0.2) is 48.0 Å². The van der Waals surface area contributed by atoms with Crippen molar-refractivity contribution in [1.82, 2.24) is 4.90 Å². The third-order valence-corrected chi connectivity index (χ3v) is 6.59. The second kappa shape index (κ2) is 8.74. The zero-order chi connectivity index (χ0) is 24.7. The van der Waals surface area contributed by atoms with E-state index >= 15 is 0 Å². The van der Waals surface area contributed by atoms with E-state index in [0.29, 0.717) is 48.9 Å². The third kappa shape index (κ3) is 3.22. The lowest BCUT2D eigenvalue weighted by Gasteiger charge is -2.34. The lowest BCUT2D eigenvalue weighted by atomic mass is 9.82. The number of ketones is 1. The van der Waals surface area contributed by atoms with Crippen LogP contribution in [0.1, 0.15) is 24.5 Å². The molecule has 0 radical (unpaired) electrons. The fraction of sp³-hybridized carbons (Fsp3) is 0.346. The number of fused-ring (bicyclic) bond motifs is 3. The van der Waals surface area contributed by atoms with E-state index in [2.05, 4.69) is 0 Å². The number of nitrogens with zero attached hydrogens (tertiary/aromatic N) is 2. The molecule has 3 aliphatic heterocycles. The van der Waals surface area contributed by atoms with Gasteiger partial charge in [0.25, 0.3) is 17.6 Å². The number of carbonyl (C=O) groups is 3. The predicted octanol–water partition coefficient (Wildman–Crippen LogP) is 2.44. The van der Waals surface area contributed by atoms with Crippen LogP contribution in [0, 0.1) is 0 Å². The number of ether oxygens (including phenoxy) is 3. The van der Waals surface area contributed by atoms with Crippen LogP contribution < -0.4 is 14.4 Å². The van der Waals surface area contributed by atoms with Gasteiger partial charge in [0, 0.05) is 31.3 Å². The number of Topliss-reactive ketones (excluding diaryl/α,β-unsaturated/α-hetero) is 1. The first-order valence-corrected chi connectivity index (χ1v) is 11.6. The average Bonchev–Trinajstić information content (AvgIpc) is 3.25. The van der Waals surface area contributed by atoms with E-state index in [1.54, 1.807) is 47.4 Å². The molecule has 2 aromatic rings. The molecule has 0 bridgehead atoms. The fourth-order valence-corrected chi connectivity index (χ4v) is 5.13. The smallest absolute Gasteiger partial charge is 0.296 e. The highest BCUT2D eigenvalue weighted by molar-refractivity contribution is 6.50. The van der Waals surface area contributed by atoms with Crippen LogP contribution >= 0.6 is 0 Å². The number of benzene rings is 2. The van der Waals surface area contributed by atoms with E-state index in [-0.39, 0.29) is 24.3 Å². The van der Waals surface area contributed by atoms with Gasteiger partial charge >= 0.3 is 0 Å². The average molecular weight is 479 g/mol. The predicted molar refractivity (Wildman–Crippen MR) is 126 cm³/mol. The van der Waals surface area contributed by atoms with Crippen LogP contribution in [-0.2, 0) is 24.7 Å². The summed E-state index contributed by atoms with van der Waals surface area (Å²) in [5, 5.41) is 11.5. The minimum atomic E-state index is -1.80. The molecule has 9 nitrogen and oxygen atoms in total. The van der Waals surface area contributed by atoms with Crippen molar-refractivity contribution in [3.8, 4) is 11.5 Å². The Morgan fingerprint density at radius 2 is 1.80 bits per heavy atom. The second-order valence-electron chi connectivity index (χ2n) is 8.55. The normalized spacial score (nSPS) is 22.3. The van der Waals surface area contributed by atoms with Gasteiger partial charge in [-0.2, -0.15) is 0 Å². The van der Waals surface area contributed by atoms with Gasteiger partial charge in [-0.25, -0.2) is 0 Å². The standard InChI is InChI=1S/C26H26N2O7/c1-3-10-27-18-7-5-4-6-17(18)26(25(27)32)21(23(30)24(31)28(26)11-12-33-2)22(29)16-8-9-19-20(15-16)35-14-13-34-19/h4-9,15,29H,3,10-14H2,1-2H3. The van der Waals surface area contributed by atoms with Gasteiger partial charge in [-0.1, -0.05) is 25.1 Å². The molecule has 2 amide bonds. The molecule has 182 valence electrons. The molecule has 1 unspecified atom stereocenters. The molecule has 5 rings (SSSR count). The number of methoxy groups -OCH3 is 1. The van der Waals surface area contributed by atoms with Crippen molar-refractivity contribution in [2.75, 3.05) is 44.9 Å². The molecule has 0 aliphatic carbocycles. The minimum absolute atomic E-state index is 0.000961. The number of anilines is 1. The number of hydrogen-bond donors (Lipinski definition) is 1. The van der Waals surface area contributed by atoms with Gasteiger partial charge in [-0.15, -0.1) is 0 Å². The first-order valence-electron chi connectivity index (χ1n) is 11.6. The molecule has 9 heteroatoms. The first kappa shape index (κ1) is 22.9. The summed E-state index contributed by atoms with van der Waals surface area (Å²) in [5.74, 6) is -1.75. The van der Waals surface area contributed by atoms with Gasteiger partial charge in [-0.3, -0.25) is 14.4 Å². The van der Waals surface area contributed by atoms with Gasteiger partial charge in [0.05, 0.1) is 17.9 Å². The van der Waals surface area contributed by atoms with Crippen LogP contribution in [0.4, 0.5) is 5.69 Å². The molecule has 1 atom stereocenters. The van der Waals surface area contributed by atoms with Crippen LogP contribution in [0.2, 0.25) is 0 Å². The Morgan fingerprint density at radius 1 is 1.06 bits per heavy atom. The van der Waals surface area contributed by atoms with E-state index < -0.39 is 28.9 Å². The summed E-state index contributed by atoms with van der Waals surface area (Å²) in [6.45, 7) is 3.20. The lowest BCUT2D eigenvalue weighted by molar-refractivity contribution is -0.144. The molecule has 1 saturated heterocycles. The molecule has 35 heavy (non-hydrogen) atoms. The molecule has 3 aliphatic rings. The minimum Gasteiger partial charge on any atom is -0.507 e. The number of aliphatic hydroxyl groups is 1. The number of carbonyl (C=O) groups excluding carboxylic acids is 3. The summed E-state index contributed by atoms with van der Waals surface area (Å²) in [5.41, 5.74) is -0.719. The molecule has 3 heterocycles. The van der Waals surface area contributed by atoms with E-state index in [4.69, 9.17) is 14.2 Å². The van der Waals surface area contributed by atoms with Crippen LogP contribution in [0.25, 0.3) is 5.76 Å². The zero-order valence-electron chi connectivity index (χ0n) is 19.6. The number of amides is 2. The molecule has 1 N–H and O–H groups in total. The monoisotopic (exact) mass is 478 g/mol. The summed E-state index contributed by atoms with van der Waals surface area (Å²) in [6, 6.07) is 11.8. The van der Waals surface area contributed by atoms with E-state index in [1.165, 1.54) is 12.0 Å². The largest absolute Gasteiger partial charge is 0.507 e. The maximum atomic E-state index is 14.2. The van der Waals surface area contributed by atoms with Crippen molar-refractivity contribution in [2.24, 2.45) is 0 Å². The number of rotatable bonds is 6. The SMILES string of the molecule is CCCN1C(=O)C2(C(=C(O)c3ccc4c(c3)OCCO4)C(=O)C(=O)N2CCOC)c2ccccc21. The molecule has 1 spiro atoms. The summed E-state index contributed by atoms with van der Waals surface area (Å²) in [4.78, 5) is 43.8. The molecule has 0 aromatic heterocycles. The van der Waals surface area contributed by atoms with E-state index in [1.807, 2.05) is 6.92 Å². The summed E-state index contributed by atoms with van der Waals surface area (Å²) in [7, 11) is 1.48. The molecular weight excluding hydrogens is 452 g/mol. The van der Waals surface area contributed by atoms with Gasteiger partial charge < -0.3 is 29.1 Å². The third-order valence-electron chi connectivity index (χ3n) is 6.59. The Labute approximate surface area is 202 Å². The highest BCUT2D eigenvalue weighted by Crippen LogP contribution is 2.53. The maximum Gasteiger partial charge on any atom is 0.296 e. The summed E-state index contributed by atoms with van der Waals surface area (Å²) < 4.78 is 16.4. The second-order valence-corrected chi connectivity index (χ2v) is 8.55. The van der Waals surface area contributed by atoms with Crippen LogP contribution in [-0.4, -0.2) is 67.6 Å². The van der Waals surface area contributed by atoms with Crippen LogP contribution in [0.3, 0.4) is 0 Å². The summed E-state index contributed by atoms with van der Waals surface area (Å²) >= 11 is 0.